The molecule has 0 spiro atoms. The van der Waals surface area contributed by atoms with Crippen LogP contribution in [0.5, 0.6) is 0 Å². The number of carbonyl (C=O) groups is 1. The number of rotatable bonds is 3. The second kappa shape index (κ2) is 7.81. The molecule has 1 saturated heterocycles. The standard InChI is InChI=1S/C18H27N7O2/c1-18(2,3)27-17(26)21-13-8-10-24(12-13)16(19-4)20-11-15-23-22-14-7-5-6-9-25(14)15/h5-7,9,13H,8,10-12H2,1-4H3,(H,19,20)(H,21,26). The van der Waals surface area contributed by atoms with Crippen LogP contribution in [0.25, 0.3) is 5.65 Å². The Balaban J connectivity index is 1.53. The summed E-state index contributed by atoms with van der Waals surface area (Å²) in [4.78, 5) is 18.4. The maximum absolute atomic E-state index is 12.0. The summed E-state index contributed by atoms with van der Waals surface area (Å²) in [6, 6.07) is 5.83. The maximum Gasteiger partial charge on any atom is 0.407 e. The predicted molar refractivity (Wildman–Crippen MR) is 103 cm³/mol. The Morgan fingerprint density at radius 1 is 1.37 bits per heavy atom. The van der Waals surface area contributed by atoms with E-state index in [0.29, 0.717) is 13.1 Å². The number of hydrogen-bond donors (Lipinski definition) is 2. The Hall–Kier alpha value is -2.84. The van der Waals surface area contributed by atoms with Crippen molar-refractivity contribution in [2.75, 3.05) is 20.1 Å². The maximum atomic E-state index is 12.0. The second-order valence-corrected chi connectivity index (χ2v) is 7.52. The van der Waals surface area contributed by atoms with E-state index in [0.717, 1.165) is 30.4 Å². The minimum atomic E-state index is -0.499. The van der Waals surface area contributed by atoms with E-state index in [1.54, 1.807) is 7.05 Å². The van der Waals surface area contributed by atoms with Gasteiger partial charge in [0.2, 0.25) is 0 Å². The molecule has 0 radical (unpaired) electrons. The SMILES string of the molecule is CN=C(NCc1nnc2ccccn12)N1CCC(NC(=O)OC(C)(C)C)C1. The number of carbonyl (C=O) groups excluding carboxylic acids is 1. The van der Waals surface area contributed by atoms with Gasteiger partial charge in [0.25, 0.3) is 0 Å². The number of ether oxygens (including phenoxy) is 1. The molecule has 9 heteroatoms. The smallest absolute Gasteiger partial charge is 0.407 e. The lowest BCUT2D eigenvalue weighted by atomic mass is 10.2. The van der Waals surface area contributed by atoms with E-state index >= 15 is 0 Å². The zero-order valence-corrected chi connectivity index (χ0v) is 16.3. The van der Waals surface area contributed by atoms with Crippen molar-refractivity contribution in [3.63, 3.8) is 0 Å². The minimum Gasteiger partial charge on any atom is -0.444 e. The molecule has 3 rings (SSSR count). The number of pyridine rings is 1. The first-order valence-corrected chi connectivity index (χ1v) is 9.09. The van der Waals surface area contributed by atoms with Gasteiger partial charge in [-0.05, 0) is 39.3 Å². The van der Waals surface area contributed by atoms with E-state index in [2.05, 4.69) is 30.7 Å². The van der Waals surface area contributed by atoms with Crippen molar-refractivity contribution >= 4 is 17.7 Å². The Morgan fingerprint density at radius 2 is 2.19 bits per heavy atom. The van der Waals surface area contributed by atoms with Gasteiger partial charge in [0.05, 0.1) is 12.6 Å². The first kappa shape index (κ1) is 18.9. The largest absolute Gasteiger partial charge is 0.444 e. The van der Waals surface area contributed by atoms with E-state index in [9.17, 15) is 4.79 Å². The average molecular weight is 373 g/mol. The molecule has 2 aromatic heterocycles. The third-order valence-electron chi connectivity index (χ3n) is 4.21. The fraction of sp³-hybridized carbons (Fsp3) is 0.556. The Morgan fingerprint density at radius 3 is 2.93 bits per heavy atom. The topological polar surface area (TPSA) is 96.1 Å². The molecule has 0 aromatic carbocycles. The molecule has 27 heavy (non-hydrogen) atoms. The monoisotopic (exact) mass is 373 g/mol. The van der Waals surface area contributed by atoms with Gasteiger partial charge < -0.3 is 20.3 Å². The van der Waals surface area contributed by atoms with Crippen molar-refractivity contribution in [3.05, 3.63) is 30.2 Å². The fourth-order valence-electron chi connectivity index (χ4n) is 3.05. The lowest BCUT2D eigenvalue weighted by Gasteiger charge is -2.23. The Labute approximate surface area is 158 Å². The van der Waals surface area contributed by atoms with Gasteiger partial charge in [-0.15, -0.1) is 10.2 Å². The van der Waals surface area contributed by atoms with Gasteiger partial charge in [0, 0.05) is 26.3 Å². The number of amides is 1. The summed E-state index contributed by atoms with van der Waals surface area (Å²) in [6.07, 6.45) is 2.40. The summed E-state index contributed by atoms with van der Waals surface area (Å²) in [7, 11) is 1.75. The van der Waals surface area contributed by atoms with Gasteiger partial charge in [0.1, 0.15) is 5.60 Å². The summed E-state index contributed by atoms with van der Waals surface area (Å²) < 4.78 is 7.27. The lowest BCUT2D eigenvalue weighted by Crippen LogP contribution is -2.44. The second-order valence-electron chi connectivity index (χ2n) is 7.52. The molecule has 9 nitrogen and oxygen atoms in total. The zero-order valence-electron chi connectivity index (χ0n) is 16.3. The van der Waals surface area contributed by atoms with Crippen LogP contribution in [0, 0.1) is 0 Å². The molecular weight excluding hydrogens is 346 g/mol. The average Bonchev–Trinajstić information content (AvgIpc) is 3.21. The highest BCUT2D eigenvalue weighted by atomic mass is 16.6. The van der Waals surface area contributed by atoms with Crippen molar-refractivity contribution in [2.45, 2.75) is 45.4 Å². The van der Waals surface area contributed by atoms with Crippen LogP contribution in [0.4, 0.5) is 4.79 Å². The van der Waals surface area contributed by atoms with Crippen LogP contribution in [0.2, 0.25) is 0 Å². The van der Waals surface area contributed by atoms with Crippen LogP contribution in [0.15, 0.2) is 29.4 Å². The number of aliphatic imine (C=N–C) groups is 1. The van der Waals surface area contributed by atoms with Crippen LogP contribution in [-0.2, 0) is 11.3 Å². The number of alkyl carbamates (subject to hydrolysis) is 1. The number of guanidine groups is 1. The lowest BCUT2D eigenvalue weighted by molar-refractivity contribution is 0.0507. The summed E-state index contributed by atoms with van der Waals surface area (Å²) in [5.41, 5.74) is 0.313. The van der Waals surface area contributed by atoms with E-state index in [-0.39, 0.29) is 12.1 Å². The third kappa shape index (κ3) is 4.87. The first-order valence-electron chi connectivity index (χ1n) is 9.09. The molecule has 0 saturated carbocycles. The molecule has 146 valence electrons. The van der Waals surface area contributed by atoms with Crippen LogP contribution in [0.3, 0.4) is 0 Å². The predicted octanol–water partition coefficient (Wildman–Crippen LogP) is 1.40. The molecule has 1 aliphatic rings. The summed E-state index contributed by atoms with van der Waals surface area (Å²) in [5.74, 6) is 1.59. The van der Waals surface area contributed by atoms with E-state index in [4.69, 9.17) is 4.74 Å². The highest BCUT2D eigenvalue weighted by Gasteiger charge is 2.27. The van der Waals surface area contributed by atoms with Crippen LogP contribution >= 0.6 is 0 Å². The highest BCUT2D eigenvalue weighted by molar-refractivity contribution is 5.80. The normalized spacial score (nSPS) is 18.0. The molecule has 0 bridgehead atoms. The quantitative estimate of drug-likeness (QED) is 0.624. The van der Waals surface area contributed by atoms with Crippen molar-refractivity contribution in [2.24, 2.45) is 4.99 Å². The van der Waals surface area contributed by atoms with E-state index in [1.165, 1.54) is 0 Å². The number of fused-ring (bicyclic) bond motifs is 1. The molecule has 1 atom stereocenters. The number of nitrogens with one attached hydrogen (secondary N) is 2. The first-order chi connectivity index (χ1) is 12.9. The van der Waals surface area contributed by atoms with Gasteiger partial charge in [-0.25, -0.2) is 4.79 Å². The molecule has 2 N–H and O–H groups in total. The van der Waals surface area contributed by atoms with E-state index < -0.39 is 5.60 Å². The fourth-order valence-corrected chi connectivity index (χ4v) is 3.05. The molecular formula is C18H27N7O2. The summed E-state index contributed by atoms with van der Waals surface area (Å²) in [6.45, 7) is 7.56. The van der Waals surface area contributed by atoms with Crippen LogP contribution < -0.4 is 10.6 Å². The molecule has 2 aromatic rings. The van der Waals surface area contributed by atoms with Gasteiger partial charge in [0.15, 0.2) is 17.4 Å². The Bertz CT molecular complexity index is 824. The highest BCUT2D eigenvalue weighted by Crippen LogP contribution is 2.12. The van der Waals surface area contributed by atoms with Crippen LogP contribution in [-0.4, -0.2) is 63.3 Å². The number of nitrogens with zero attached hydrogens (tertiary/aromatic N) is 5. The molecule has 1 unspecified atom stereocenters. The number of likely N-dealkylation sites (tertiary alicyclic amines) is 1. The number of aromatic nitrogens is 3. The molecule has 1 fully saturated rings. The third-order valence-corrected chi connectivity index (χ3v) is 4.21. The van der Waals surface area contributed by atoms with Crippen molar-refractivity contribution < 1.29 is 9.53 Å². The molecule has 0 aliphatic carbocycles. The molecule has 3 heterocycles. The minimum absolute atomic E-state index is 0.0346. The van der Waals surface area contributed by atoms with Crippen molar-refractivity contribution in [1.29, 1.82) is 0 Å². The molecule has 1 amide bonds. The van der Waals surface area contributed by atoms with Gasteiger partial charge in [-0.3, -0.25) is 9.39 Å². The summed E-state index contributed by atoms with van der Waals surface area (Å²) in [5, 5.41) is 14.6. The molecule has 1 aliphatic heterocycles. The number of hydrogen-bond acceptors (Lipinski definition) is 5. The summed E-state index contributed by atoms with van der Waals surface area (Å²) >= 11 is 0. The Kier molecular flexibility index (Phi) is 5.48. The van der Waals surface area contributed by atoms with Crippen molar-refractivity contribution in [1.82, 2.24) is 30.1 Å². The zero-order chi connectivity index (χ0) is 19.4. The van der Waals surface area contributed by atoms with Gasteiger partial charge in [-0.1, -0.05) is 6.07 Å². The van der Waals surface area contributed by atoms with Crippen molar-refractivity contribution in [3.8, 4) is 0 Å². The van der Waals surface area contributed by atoms with E-state index in [1.807, 2.05) is 49.6 Å². The van der Waals surface area contributed by atoms with Gasteiger partial charge >= 0.3 is 6.09 Å². The van der Waals surface area contributed by atoms with Crippen LogP contribution in [0.1, 0.15) is 33.0 Å². The van der Waals surface area contributed by atoms with Gasteiger partial charge in [-0.2, -0.15) is 0 Å².